The number of aliphatic carboxylic acids is 1. The molecule has 0 heterocycles. The van der Waals surface area contributed by atoms with E-state index in [0.717, 1.165) is 16.7 Å². The smallest absolute Gasteiger partial charge is 0.326 e. The van der Waals surface area contributed by atoms with E-state index in [4.69, 9.17) is 5.11 Å². The van der Waals surface area contributed by atoms with Gasteiger partial charge < -0.3 is 15.2 Å². The molecule has 2 N–H and O–H groups in total. The predicted molar refractivity (Wildman–Crippen MR) is 75.8 cm³/mol. The van der Waals surface area contributed by atoms with Crippen LogP contribution in [0.15, 0.2) is 18.2 Å². The van der Waals surface area contributed by atoms with Gasteiger partial charge in [-0.15, -0.1) is 0 Å². The molecule has 0 bridgehead atoms. The molecule has 0 fully saturated rings. The molecule has 6 heteroatoms. The first kappa shape index (κ1) is 16.7. The number of hydrogen-bond acceptors (Lipinski definition) is 4. The summed E-state index contributed by atoms with van der Waals surface area (Å²) < 4.78 is 4.53. The van der Waals surface area contributed by atoms with E-state index in [2.05, 4.69) is 10.1 Å². The third-order valence-corrected chi connectivity index (χ3v) is 3.05. The van der Waals surface area contributed by atoms with E-state index in [1.54, 1.807) is 0 Å². The third kappa shape index (κ3) is 5.64. The van der Waals surface area contributed by atoms with Crippen LogP contribution in [0.25, 0.3) is 0 Å². The zero-order valence-corrected chi connectivity index (χ0v) is 12.3. The van der Waals surface area contributed by atoms with Crippen molar-refractivity contribution in [3.8, 4) is 0 Å². The summed E-state index contributed by atoms with van der Waals surface area (Å²) in [7, 11) is 0. The molecule has 0 saturated carbocycles. The second-order valence-corrected chi connectivity index (χ2v) is 4.86. The number of benzene rings is 1. The Bertz CT molecular complexity index is 553. The predicted octanol–water partition coefficient (Wildman–Crippen LogP) is 0.978. The quantitative estimate of drug-likeness (QED) is 0.763. The minimum absolute atomic E-state index is 0.169. The van der Waals surface area contributed by atoms with E-state index in [0.29, 0.717) is 0 Å². The molecule has 1 aromatic rings. The minimum Gasteiger partial charge on any atom is -0.480 e. The zero-order chi connectivity index (χ0) is 16.0. The van der Waals surface area contributed by atoms with Gasteiger partial charge in [0.05, 0.1) is 0 Å². The summed E-state index contributed by atoms with van der Waals surface area (Å²) >= 11 is 0. The Morgan fingerprint density at radius 1 is 1.24 bits per heavy atom. The number of amides is 1. The molecule has 1 amide bonds. The summed E-state index contributed by atoms with van der Waals surface area (Å²) in [6.07, 6.45) is 0.169. The highest BCUT2D eigenvalue weighted by molar-refractivity contribution is 5.85. The lowest BCUT2D eigenvalue weighted by Crippen LogP contribution is -2.44. The van der Waals surface area contributed by atoms with Gasteiger partial charge in [0.1, 0.15) is 6.04 Å². The number of esters is 1. The van der Waals surface area contributed by atoms with Crippen molar-refractivity contribution >= 4 is 17.8 Å². The van der Waals surface area contributed by atoms with Gasteiger partial charge in [-0.25, -0.2) is 4.79 Å². The van der Waals surface area contributed by atoms with E-state index in [9.17, 15) is 14.4 Å². The first-order valence-corrected chi connectivity index (χ1v) is 6.51. The van der Waals surface area contributed by atoms with Crippen LogP contribution in [0.3, 0.4) is 0 Å². The molecule has 6 nitrogen and oxygen atoms in total. The van der Waals surface area contributed by atoms with Crippen molar-refractivity contribution < 1.29 is 24.2 Å². The second-order valence-electron chi connectivity index (χ2n) is 4.86. The molecule has 0 spiro atoms. The molecule has 1 aromatic carbocycles. The maximum atomic E-state index is 11.5. The van der Waals surface area contributed by atoms with Crippen LogP contribution in [-0.4, -0.2) is 35.6 Å². The second kappa shape index (κ2) is 7.42. The van der Waals surface area contributed by atoms with Crippen molar-refractivity contribution in [2.45, 2.75) is 33.2 Å². The van der Waals surface area contributed by atoms with Crippen molar-refractivity contribution in [3.05, 3.63) is 34.9 Å². The molecule has 0 aliphatic carbocycles. The Kier molecular flexibility index (Phi) is 5.90. The standard InChI is InChI=1S/C15H19NO5/c1-9-4-5-12(6-10(9)2)7-13(15(19)20)16-14(18)8-21-11(3)17/h4-6,13H,7-8H2,1-3H3,(H,16,18)(H,19,20)/t13-/m1/s1. The Labute approximate surface area is 123 Å². The fraction of sp³-hybridized carbons (Fsp3) is 0.400. The van der Waals surface area contributed by atoms with Crippen LogP contribution in [-0.2, 0) is 25.5 Å². The van der Waals surface area contributed by atoms with Crippen LogP contribution in [0, 0.1) is 13.8 Å². The van der Waals surface area contributed by atoms with Gasteiger partial charge in [0, 0.05) is 13.3 Å². The highest BCUT2D eigenvalue weighted by atomic mass is 16.5. The van der Waals surface area contributed by atoms with Gasteiger partial charge in [0.25, 0.3) is 5.91 Å². The Morgan fingerprint density at radius 2 is 1.90 bits per heavy atom. The number of carboxylic acids is 1. The molecule has 0 radical (unpaired) electrons. The van der Waals surface area contributed by atoms with Gasteiger partial charge >= 0.3 is 11.9 Å². The molecule has 114 valence electrons. The largest absolute Gasteiger partial charge is 0.480 e. The number of carbonyl (C=O) groups is 3. The number of hydrogen-bond donors (Lipinski definition) is 2. The number of aryl methyl sites for hydroxylation is 2. The molecule has 1 rings (SSSR count). The maximum Gasteiger partial charge on any atom is 0.326 e. The van der Waals surface area contributed by atoms with Crippen molar-refractivity contribution in [1.82, 2.24) is 5.32 Å². The fourth-order valence-electron chi connectivity index (χ4n) is 1.77. The van der Waals surface area contributed by atoms with Crippen LogP contribution >= 0.6 is 0 Å². The maximum absolute atomic E-state index is 11.5. The highest BCUT2D eigenvalue weighted by Gasteiger charge is 2.21. The van der Waals surface area contributed by atoms with Crippen molar-refractivity contribution in [1.29, 1.82) is 0 Å². The van der Waals surface area contributed by atoms with Gasteiger partial charge in [0.15, 0.2) is 6.61 Å². The molecular weight excluding hydrogens is 274 g/mol. The molecule has 0 aromatic heterocycles. The number of rotatable bonds is 6. The third-order valence-electron chi connectivity index (χ3n) is 3.05. The lowest BCUT2D eigenvalue weighted by molar-refractivity contribution is -0.148. The lowest BCUT2D eigenvalue weighted by Gasteiger charge is -2.15. The number of carbonyl (C=O) groups excluding carboxylic acids is 2. The molecule has 1 atom stereocenters. The van der Waals surface area contributed by atoms with E-state index < -0.39 is 30.5 Å². The van der Waals surface area contributed by atoms with Gasteiger partial charge in [-0.1, -0.05) is 18.2 Å². The highest BCUT2D eigenvalue weighted by Crippen LogP contribution is 2.11. The van der Waals surface area contributed by atoms with Gasteiger partial charge in [-0.05, 0) is 30.5 Å². The van der Waals surface area contributed by atoms with Crippen LogP contribution in [0.2, 0.25) is 0 Å². The summed E-state index contributed by atoms with van der Waals surface area (Å²) in [6.45, 7) is 4.60. The van der Waals surface area contributed by atoms with Gasteiger partial charge in [-0.2, -0.15) is 0 Å². The number of ether oxygens (including phenoxy) is 1. The van der Waals surface area contributed by atoms with Gasteiger partial charge in [0.2, 0.25) is 0 Å². The molecule has 0 saturated heterocycles. The Hall–Kier alpha value is -2.37. The average Bonchev–Trinajstić information content (AvgIpc) is 2.39. The fourth-order valence-corrected chi connectivity index (χ4v) is 1.77. The molecule has 21 heavy (non-hydrogen) atoms. The summed E-state index contributed by atoms with van der Waals surface area (Å²) in [6, 6.07) is 4.57. The van der Waals surface area contributed by atoms with Crippen LogP contribution in [0.4, 0.5) is 0 Å². The van der Waals surface area contributed by atoms with Gasteiger partial charge in [-0.3, -0.25) is 9.59 Å². The Balaban J connectivity index is 2.69. The molecule has 0 aliphatic rings. The van der Waals surface area contributed by atoms with Crippen molar-refractivity contribution in [2.24, 2.45) is 0 Å². The minimum atomic E-state index is -1.13. The van der Waals surface area contributed by atoms with Crippen molar-refractivity contribution in [2.75, 3.05) is 6.61 Å². The van der Waals surface area contributed by atoms with Crippen LogP contribution < -0.4 is 5.32 Å². The van der Waals surface area contributed by atoms with E-state index >= 15 is 0 Å². The van der Waals surface area contributed by atoms with E-state index in [1.165, 1.54) is 6.92 Å². The molecule has 0 unspecified atom stereocenters. The SMILES string of the molecule is CC(=O)OCC(=O)N[C@H](Cc1ccc(C)c(C)c1)C(=O)O. The first-order chi connectivity index (χ1) is 9.79. The molecular formula is C15H19NO5. The van der Waals surface area contributed by atoms with E-state index in [-0.39, 0.29) is 6.42 Å². The number of nitrogens with one attached hydrogen (secondary N) is 1. The summed E-state index contributed by atoms with van der Waals surface area (Å²) in [5.74, 6) is -2.36. The topological polar surface area (TPSA) is 92.7 Å². The summed E-state index contributed by atoms with van der Waals surface area (Å²) in [4.78, 5) is 33.3. The normalized spacial score (nSPS) is 11.6. The van der Waals surface area contributed by atoms with Crippen LogP contribution in [0.5, 0.6) is 0 Å². The average molecular weight is 293 g/mol. The summed E-state index contributed by atoms with van der Waals surface area (Å²) in [5.41, 5.74) is 2.99. The summed E-state index contributed by atoms with van der Waals surface area (Å²) in [5, 5.41) is 11.5. The van der Waals surface area contributed by atoms with Crippen LogP contribution in [0.1, 0.15) is 23.6 Å². The zero-order valence-electron chi connectivity index (χ0n) is 12.3. The first-order valence-electron chi connectivity index (χ1n) is 6.51. The Morgan fingerprint density at radius 3 is 2.43 bits per heavy atom. The monoisotopic (exact) mass is 293 g/mol. The lowest BCUT2D eigenvalue weighted by atomic mass is 10.0. The number of carboxylic acid groups (broad SMARTS) is 1. The van der Waals surface area contributed by atoms with E-state index in [1.807, 2.05) is 32.0 Å². The van der Waals surface area contributed by atoms with Crippen molar-refractivity contribution in [3.63, 3.8) is 0 Å². The molecule has 0 aliphatic heterocycles.